The lowest BCUT2D eigenvalue weighted by Crippen LogP contribution is -2.45. The summed E-state index contributed by atoms with van der Waals surface area (Å²) in [4.78, 5) is 4.05. The Bertz CT molecular complexity index is 405. The average molecular weight is 337 g/mol. The molecule has 0 bridgehead atoms. The van der Waals surface area contributed by atoms with E-state index in [0.29, 0.717) is 6.04 Å². The zero-order chi connectivity index (χ0) is 11.5. The maximum Gasteiger partial charge on any atom is 0.0705 e. The number of thiophene rings is 2. The number of rotatable bonds is 3. The molecule has 0 radical (unpaired) electrons. The molecular formula is C13H18Cl2N2S2. The van der Waals surface area contributed by atoms with Crippen LogP contribution in [-0.4, -0.2) is 31.1 Å². The summed E-state index contributed by atoms with van der Waals surface area (Å²) in [5.74, 6) is 0. The Morgan fingerprint density at radius 1 is 1.11 bits per heavy atom. The van der Waals surface area contributed by atoms with Crippen molar-refractivity contribution in [2.75, 3.05) is 26.2 Å². The number of hydrogen-bond acceptors (Lipinski definition) is 4. The van der Waals surface area contributed by atoms with E-state index in [9.17, 15) is 0 Å². The number of nitrogens with one attached hydrogen (secondary N) is 1. The second-order valence-electron chi connectivity index (χ2n) is 4.26. The lowest BCUT2D eigenvalue weighted by Gasteiger charge is -2.34. The first-order chi connectivity index (χ1) is 8.45. The minimum absolute atomic E-state index is 0. The predicted octanol–water partition coefficient (Wildman–Crippen LogP) is 3.65. The highest BCUT2D eigenvalue weighted by molar-refractivity contribution is 7.10. The van der Waals surface area contributed by atoms with Gasteiger partial charge in [0.1, 0.15) is 0 Å². The molecule has 3 heterocycles. The van der Waals surface area contributed by atoms with Gasteiger partial charge in [0.15, 0.2) is 0 Å². The van der Waals surface area contributed by atoms with Crippen molar-refractivity contribution in [2.45, 2.75) is 6.04 Å². The third-order valence-corrected chi connectivity index (χ3v) is 4.81. The summed E-state index contributed by atoms with van der Waals surface area (Å²) in [7, 11) is 0. The Labute approximate surface area is 134 Å². The van der Waals surface area contributed by atoms with Gasteiger partial charge in [-0.1, -0.05) is 6.07 Å². The third kappa shape index (κ3) is 3.94. The molecule has 1 saturated heterocycles. The predicted molar refractivity (Wildman–Crippen MR) is 89.4 cm³/mol. The highest BCUT2D eigenvalue weighted by atomic mass is 35.5. The topological polar surface area (TPSA) is 15.3 Å². The van der Waals surface area contributed by atoms with Gasteiger partial charge in [-0.05, 0) is 33.8 Å². The summed E-state index contributed by atoms with van der Waals surface area (Å²) in [5, 5.41) is 10.1. The molecular weight excluding hydrogens is 319 g/mol. The minimum atomic E-state index is 0. The summed E-state index contributed by atoms with van der Waals surface area (Å²) < 4.78 is 0. The molecule has 1 fully saturated rings. The van der Waals surface area contributed by atoms with Crippen LogP contribution in [0.3, 0.4) is 0 Å². The molecule has 2 nitrogen and oxygen atoms in total. The standard InChI is InChI=1S/C13H16N2S2.2ClH/c1-2-12(17-8-1)13(11-3-9-16-10-11)15-6-4-14-5-7-15;;/h1-3,8-10,13-14H,4-7H2;2*1H/t13-;;/m1../s1. The Morgan fingerprint density at radius 3 is 2.47 bits per heavy atom. The summed E-state index contributed by atoms with van der Waals surface area (Å²) >= 11 is 3.66. The van der Waals surface area contributed by atoms with Crippen molar-refractivity contribution >= 4 is 47.5 Å². The summed E-state index contributed by atoms with van der Waals surface area (Å²) in [6, 6.07) is 7.14. The maximum absolute atomic E-state index is 3.42. The van der Waals surface area contributed by atoms with Crippen molar-refractivity contribution in [3.05, 3.63) is 44.8 Å². The Balaban J connectivity index is 0.000000902. The van der Waals surface area contributed by atoms with Gasteiger partial charge < -0.3 is 5.32 Å². The van der Waals surface area contributed by atoms with E-state index in [1.54, 1.807) is 11.3 Å². The van der Waals surface area contributed by atoms with Crippen LogP contribution in [0, 0.1) is 0 Å². The lowest BCUT2D eigenvalue weighted by molar-refractivity contribution is 0.201. The van der Waals surface area contributed by atoms with E-state index < -0.39 is 0 Å². The average Bonchev–Trinajstić information content (AvgIpc) is 3.04. The fourth-order valence-corrected chi connectivity index (χ4v) is 3.94. The van der Waals surface area contributed by atoms with E-state index in [2.05, 4.69) is 44.6 Å². The third-order valence-electron chi connectivity index (χ3n) is 3.19. The van der Waals surface area contributed by atoms with Crippen LogP contribution in [0.1, 0.15) is 16.5 Å². The summed E-state index contributed by atoms with van der Waals surface area (Å²) in [6.07, 6.45) is 0. The second-order valence-corrected chi connectivity index (χ2v) is 6.02. The first-order valence-electron chi connectivity index (χ1n) is 5.95. The first-order valence-corrected chi connectivity index (χ1v) is 7.77. The molecule has 1 N–H and O–H groups in total. The quantitative estimate of drug-likeness (QED) is 0.920. The van der Waals surface area contributed by atoms with Gasteiger partial charge in [0.2, 0.25) is 0 Å². The van der Waals surface area contributed by atoms with Crippen LogP contribution in [0.4, 0.5) is 0 Å². The van der Waals surface area contributed by atoms with Crippen molar-refractivity contribution in [3.8, 4) is 0 Å². The van der Waals surface area contributed by atoms with Gasteiger partial charge >= 0.3 is 0 Å². The highest BCUT2D eigenvalue weighted by Gasteiger charge is 2.24. The number of piperazine rings is 1. The molecule has 0 aromatic carbocycles. The smallest absolute Gasteiger partial charge is 0.0705 e. The summed E-state index contributed by atoms with van der Waals surface area (Å²) in [6.45, 7) is 4.48. The van der Waals surface area contributed by atoms with E-state index in [1.165, 1.54) is 10.4 Å². The van der Waals surface area contributed by atoms with Crippen molar-refractivity contribution in [1.29, 1.82) is 0 Å². The first kappa shape index (κ1) is 17.0. The number of hydrogen-bond donors (Lipinski definition) is 1. The SMILES string of the molecule is Cl.Cl.c1csc([C@@H](c2ccsc2)N2CCNCC2)c1. The largest absolute Gasteiger partial charge is 0.314 e. The zero-order valence-electron chi connectivity index (χ0n) is 10.5. The van der Waals surface area contributed by atoms with Crippen LogP contribution < -0.4 is 5.32 Å². The fourth-order valence-electron chi connectivity index (χ4n) is 2.37. The molecule has 0 amide bonds. The summed E-state index contributed by atoms with van der Waals surface area (Å²) in [5.41, 5.74) is 1.44. The van der Waals surface area contributed by atoms with Crippen molar-refractivity contribution in [2.24, 2.45) is 0 Å². The van der Waals surface area contributed by atoms with Gasteiger partial charge in [-0.25, -0.2) is 0 Å². The lowest BCUT2D eigenvalue weighted by atomic mass is 10.1. The second kappa shape index (κ2) is 8.25. The molecule has 2 aromatic heterocycles. The molecule has 1 atom stereocenters. The van der Waals surface area contributed by atoms with Gasteiger partial charge in [-0.2, -0.15) is 11.3 Å². The van der Waals surface area contributed by atoms with Gasteiger partial charge in [0, 0.05) is 31.1 Å². The number of halogens is 2. The monoisotopic (exact) mass is 336 g/mol. The van der Waals surface area contributed by atoms with E-state index in [1.807, 2.05) is 11.3 Å². The fraction of sp³-hybridized carbons (Fsp3) is 0.385. The van der Waals surface area contributed by atoms with Gasteiger partial charge in [0.05, 0.1) is 6.04 Å². The van der Waals surface area contributed by atoms with Crippen molar-refractivity contribution in [1.82, 2.24) is 10.2 Å². The van der Waals surface area contributed by atoms with Gasteiger partial charge in [-0.3, -0.25) is 4.90 Å². The molecule has 0 aliphatic carbocycles. The van der Waals surface area contributed by atoms with Crippen LogP contribution in [0.25, 0.3) is 0 Å². The van der Waals surface area contributed by atoms with Crippen LogP contribution in [0.2, 0.25) is 0 Å². The molecule has 0 unspecified atom stereocenters. The van der Waals surface area contributed by atoms with Gasteiger partial charge in [-0.15, -0.1) is 36.2 Å². The van der Waals surface area contributed by atoms with Crippen LogP contribution >= 0.6 is 47.5 Å². The molecule has 6 heteroatoms. The van der Waals surface area contributed by atoms with Crippen LogP contribution in [-0.2, 0) is 0 Å². The van der Waals surface area contributed by atoms with E-state index in [0.717, 1.165) is 26.2 Å². The molecule has 3 rings (SSSR count). The van der Waals surface area contributed by atoms with E-state index >= 15 is 0 Å². The van der Waals surface area contributed by atoms with Crippen molar-refractivity contribution < 1.29 is 0 Å². The molecule has 106 valence electrons. The zero-order valence-corrected chi connectivity index (χ0v) is 13.7. The van der Waals surface area contributed by atoms with Crippen molar-refractivity contribution in [3.63, 3.8) is 0 Å². The van der Waals surface area contributed by atoms with E-state index in [4.69, 9.17) is 0 Å². The van der Waals surface area contributed by atoms with E-state index in [-0.39, 0.29) is 24.8 Å². The normalized spacial score (nSPS) is 17.3. The Kier molecular flexibility index (Phi) is 7.36. The molecule has 0 saturated carbocycles. The Hall–Kier alpha value is -0.100. The Morgan fingerprint density at radius 2 is 1.89 bits per heavy atom. The molecule has 1 aliphatic heterocycles. The van der Waals surface area contributed by atoms with Crippen LogP contribution in [0.15, 0.2) is 34.3 Å². The number of nitrogens with zero attached hydrogens (tertiary/aromatic N) is 1. The van der Waals surface area contributed by atoms with Gasteiger partial charge in [0.25, 0.3) is 0 Å². The molecule has 0 spiro atoms. The molecule has 19 heavy (non-hydrogen) atoms. The van der Waals surface area contributed by atoms with Crippen LogP contribution in [0.5, 0.6) is 0 Å². The molecule has 2 aromatic rings. The highest BCUT2D eigenvalue weighted by Crippen LogP contribution is 2.32. The molecule has 1 aliphatic rings. The maximum atomic E-state index is 3.42. The minimum Gasteiger partial charge on any atom is -0.314 e.